The predicted molar refractivity (Wildman–Crippen MR) is 506 cm³/mol. The van der Waals surface area contributed by atoms with Crippen LogP contribution < -0.4 is 6.15 Å². The standard InChI is InChI=1S/C20H17BrN2O4.C19H15BrN2O4.C19H15BrO7.C11H10O6.C10H9BrO4.C8H6Br2O.C2H4O2.CH3I.H3N/c1-23-17(12-4-7-14(21)8-5-12)11-22-18(23)13-6-9-15(19(24)26-2)16(10-13)20(25)27-3;1-25-18(23)14-8-5-12(9-15(14)19(24)26-2)17-21-10-16(22-17)11-3-6-13(20)7-4-11;1-25-18(23)14-8-5-12(9-15(14)19(24)26-2)17(22)27-10-16(21)11-3-6-13(20)7-4-11;1-16-10(14)7-4-3-6(9(12)13)5-8(7)11(15)17-2;1-14-9(12)7-4-3-6(11)5-8(7)10(13)15-2;9-5-8(11)6-1-3-7(10)4-2-6;1-2(3)4;1-2;/h4-11H,1-3H3;3-10H,1-2H3,(H,21,22);3-9H,10H2,1-2H3;3-5H,1-2H3,(H,12,13);3-5H,1-2H3;1-4H,5H2;1H3,(H,3,4);1H3;1H3. The molecule has 11 aromatic rings. The van der Waals surface area contributed by atoms with Gasteiger partial charge in [-0.05, 0) is 143 Å². The highest BCUT2D eigenvalue weighted by Gasteiger charge is 2.27. The Bertz CT molecular complexity index is 5870. The number of ketones is 2. The van der Waals surface area contributed by atoms with Gasteiger partial charge in [-0.15, -0.1) is 0 Å². The number of aromatic amines is 1. The lowest BCUT2D eigenvalue weighted by atomic mass is 10.0. The Balaban J connectivity index is 0.000000405. The second-order valence-corrected chi connectivity index (χ2v) is 29.9. The van der Waals surface area contributed by atoms with Crippen LogP contribution in [0.3, 0.4) is 0 Å². The molecule has 6 N–H and O–H groups in total. The average molecular weight is 2290 g/mol. The van der Waals surface area contributed by atoms with E-state index >= 15 is 0 Å². The molecule has 0 saturated carbocycles. The minimum atomic E-state index is -1.20. The number of carbonyl (C=O) groups excluding carboxylic acids is 13. The Morgan fingerprint density at radius 1 is 0.338 bits per heavy atom. The molecule has 0 aliphatic heterocycles. The van der Waals surface area contributed by atoms with Gasteiger partial charge in [0.05, 0.1) is 167 Å². The molecule has 2 heterocycles. The summed E-state index contributed by atoms with van der Waals surface area (Å²) >= 11 is 21.9. The number of carboxylic acid groups (broad SMARTS) is 2. The smallest absolute Gasteiger partial charge is 0.338 e. The van der Waals surface area contributed by atoms with Gasteiger partial charge in [-0.2, -0.15) is 0 Å². The maximum absolute atomic E-state index is 12.2. The monoisotopic (exact) mass is 2280 g/mol. The minimum Gasteiger partial charge on any atom is -0.481 e. The van der Waals surface area contributed by atoms with Gasteiger partial charge in [0.2, 0.25) is 0 Å². The van der Waals surface area contributed by atoms with Gasteiger partial charge in [0.15, 0.2) is 18.2 Å². The number of esters is 11. The molecule has 9 aromatic carbocycles. The van der Waals surface area contributed by atoms with Gasteiger partial charge in [-0.1, -0.05) is 179 Å². The van der Waals surface area contributed by atoms with Crippen molar-refractivity contribution in [2.45, 2.75) is 6.92 Å². The lowest BCUT2D eigenvalue weighted by Crippen LogP contribution is -2.16. The van der Waals surface area contributed by atoms with Gasteiger partial charge in [0, 0.05) is 58.6 Å². The van der Waals surface area contributed by atoms with Crippen LogP contribution in [0.2, 0.25) is 0 Å². The zero-order valence-corrected chi connectivity index (χ0v) is 82.8. The van der Waals surface area contributed by atoms with Crippen molar-refractivity contribution in [1.82, 2.24) is 25.7 Å². The predicted octanol–water partition coefficient (Wildman–Crippen LogP) is 18.5. The molecule has 0 aliphatic carbocycles. The number of hydrogen-bond donors (Lipinski definition) is 4. The number of nitrogens with zero attached hydrogens (tertiary/aromatic N) is 3. The molecule has 33 nitrogen and oxygen atoms in total. The van der Waals surface area contributed by atoms with Crippen molar-refractivity contribution in [3.05, 3.63) is 301 Å². The lowest BCUT2D eigenvalue weighted by molar-refractivity contribution is -0.134. The first-order valence-electron chi connectivity index (χ1n) is 36.3. The number of nitrogens with one attached hydrogen (secondary N) is 1. The third-order valence-electron chi connectivity index (χ3n) is 16.8. The van der Waals surface area contributed by atoms with Crippen LogP contribution in [0.4, 0.5) is 0 Å². The number of methoxy groups -OCH3 is 10. The quantitative estimate of drug-likeness (QED) is 0.0171. The molecular formula is C90H82Br6IN5O28. The minimum absolute atomic E-state index is 0. The van der Waals surface area contributed by atoms with E-state index in [4.69, 9.17) is 38.7 Å². The molecule has 0 amide bonds. The number of benzene rings is 9. The Kier molecular flexibility index (Phi) is 48.7. The van der Waals surface area contributed by atoms with Crippen LogP contribution in [-0.4, -0.2) is 207 Å². The first-order valence-corrected chi connectivity index (χ1v) is 43.6. The molecule has 0 saturated heterocycles. The first kappa shape index (κ1) is 112. The van der Waals surface area contributed by atoms with Crippen molar-refractivity contribution < 1.29 is 134 Å². The fourth-order valence-corrected chi connectivity index (χ4v) is 12.3. The summed E-state index contributed by atoms with van der Waals surface area (Å²) in [4.78, 5) is 186. The number of aromatic nitrogens is 4. The summed E-state index contributed by atoms with van der Waals surface area (Å²) in [6.07, 6.45) is 3.48. The van der Waals surface area contributed by atoms with Crippen LogP contribution in [-0.2, 0) is 63.9 Å². The molecule has 2 aromatic heterocycles. The summed E-state index contributed by atoms with van der Waals surface area (Å²) in [7, 11) is 14.1. The molecular weight excluding hydrogens is 2210 g/mol. The van der Waals surface area contributed by atoms with E-state index in [2.05, 4.69) is 162 Å². The number of aliphatic carboxylic acids is 1. The van der Waals surface area contributed by atoms with Crippen LogP contribution in [0.25, 0.3) is 45.3 Å². The first-order chi connectivity index (χ1) is 61.4. The van der Waals surface area contributed by atoms with E-state index in [1.54, 1.807) is 85.2 Å². The van der Waals surface area contributed by atoms with Crippen molar-refractivity contribution in [3.8, 4) is 45.3 Å². The molecule has 40 heteroatoms. The maximum Gasteiger partial charge on any atom is 0.338 e. The fraction of sp³-hybridized carbons (Fsp3) is 0.167. The van der Waals surface area contributed by atoms with Gasteiger partial charge in [-0.3, -0.25) is 14.4 Å². The number of rotatable bonds is 21. The third kappa shape index (κ3) is 33.2. The summed E-state index contributed by atoms with van der Waals surface area (Å²) in [6.45, 7) is 0.618. The molecule has 0 atom stereocenters. The fourth-order valence-electron chi connectivity index (χ4n) is 10.5. The Morgan fingerprint density at radius 3 is 1.00 bits per heavy atom. The van der Waals surface area contributed by atoms with E-state index in [-0.39, 0.29) is 84.5 Å². The van der Waals surface area contributed by atoms with Crippen molar-refractivity contribution >= 4 is 207 Å². The number of ether oxygens (including phenoxy) is 11. The molecule has 684 valence electrons. The lowest BCUT2D eigenvalue weighted by Gasteiger charge is -2.10. The van der Waals surface area contributed by atoms with Gasteiger partial charge in [-0.25, -0.2) is 67.5 Å². The summed E-state index contributed by atoms with van der Waals surface area (Å²) in [5, 5.41) is 16.6. The number of carboxylic acids is 2. The number of halogens is 7. The molecule has 0 aliphatic rings. The van der Waals surface area contributed by atoms with Crippen molar-refractivity contribution in [2.75, 3.05) is 88.0 Å². The summed E-state index contributed by atoms with van der Waals surface area (Å²) in [5.41, 5.74) is 6.65. The summed E-state index contributed by atoms with van der Waals surface area (Å²) < 4.78 is 57.7. The van der Waals surface area contributed by atoms with E-state index in [0.29, 0.717) is 38.1 Å². The average Bonchev–Trinajstić information content (AvgIpc) is 1.63. The Morgan fingerprint density at radius 2 is 0.623 bits per heavy atom. The number of imidazole rings is 2. The van der Waals surface area contributed by atoms with E-state index in [9.17, 15) is 67.1 Å². The number of hydrogen-bond acceptors (Lipinski definition) is 29. The second-order valence-electron chi connectivity index (χ2n) is 24.7. The molecule has 0 unspecified atom stereocenters. The SMILES string of the molecule is CC(=O)O.CI.COC(=O)c1ccc(-c2ncc(-c3ccc(Br)cc3)[nH]2)cc1C(=O)OC.COC(=O)c1ccc(-c2ncc(-c3ccc(Br)cc3)n2C)cc1C(=O)OC.COC(=O)c1ccc(Br)cc1C(=O)OC.COC(=O)c1ccc(C(=O)O)cc1C(=O)OC.COC(=O)c1ccc(C(=O)OCC(=O)c2ccc(Br)cc2)cc1C(=O)OC.N.O=C(CBr)c1ccc(Br)cc1. The van der Waals surface area contributed by atoms with Gasteiger partial charge in [0.25, 0.3) is 5.97 Å². The summed E-state index contributed by atoms with van der Waals surface area (Å²) in [6, 6.07) is 51.1. The van der Waals surface area contributed by atoms with E-state index < -0.39 is 84.2 Å². The Hall–Kier alpha value is -12.6. The van der Waals surface area contributed by atoms with Crippen LogP contribution in [0.15, 0.2) is 223 Å². The van der Waals surface area contributed by atoms with E-state index in [1.165, 1.54) is 92.2 Å². The van der Waals surface area contributed by atoms with E-state index in [1.807, 2.05) is 77.2 Å². The van der Waals surface area contributed by atoms with Gasteiger partial charge >= 0.3 is 71.6 Å². The highest BCUT2D eigenvalue weighted by molar-refractivity contribution is 14.1. The Labute approximate surface area is 808 Å². The molecule has 130 heavy (non-hydrogen) atoms. The van der Waals surface area contributed by atoms with Gasteiger partial charge < -0.3 is 78.0 Å². The number of carbonyl (C=O) groups is 15. The topological polar surface area (TPSA) is 480 Å². The molecule has 0 fully saturated rings. The zero-order valence-electron chi connectivity index (χ0n) is 71.2. The largest absolute Gasteiger partial charge is 0.481 e. The normalized spacial score (nSPS) is 9.75. The van der Waals surface area contributed by atoms with Gasteiger partial charge in [0.1, 0.15) is 11.6 Å². The zero-order chi connectivity index (χ0) is 96.5. The van der Waals surface area contributed by atoms with Crippen molar-refractivity contribution in [1.29, 1.82) is 0 Å². The number of alkyl halides is 2. The molecule has 0 radical (unpaired) electrons. The van der Waals surface area contributed by atoms with Crippen LogP contribution in [0, 0.1) is 0 Å². The maximum atomic E-state index is 12.2. The van der Waals surface area contributed by atoms with Crippen molar-refractivity contribution in [3.63, 3.8) is 0 Å². The highest BCUT2D eigenvalue weighted by atomic mass is 127. The van der Waals surface area contributed by atoms with Crippen LogP contribution in [0.1, 0.15) is 152 Å². The third-order valence-corrected chi connectivity index (χ3v) is 19.9. The highest BCUT2D eigenvalue weighted by Crippen LogP contribution is 2.31. The summed E-state index contributed by atoms with van der Waals surface area (Å²) in [5.74, 6) is -8.55. The molecule has 0 spiro atoms. The van der Waals surface area contributed by atoms with Crippen molar-refractivity contribution in [2.24, 2.45) is 7.05 Å². The molecule has 0 bridgehead atoms. The second kappa shape index (κ2) is 56.7. The van der Waals surface area contributed by atoms with Crippen LogP contribution >= 0.6 is 118 Å². The number of H-pyrrole nitrogens is 1. The number of aromatic carboxylic acids is 1. The van der Waals surface area contributed by atoms with E-state index in [0.717, 1.165) is 86.4 Å². The number of Topliss-reactive ketones (excluding diaryl/α,β-unsaturated/α-hetero) is 2. The molecule has 11 rings (SSSR count). The van der Waals surface area contributed by atoms with Crippen LogP contribution in [0.5, 0.6) is 0 Å².